The van der Waals surface area contributed by atoms with E-state index in [1.807, 2.05) is 0 Å². The molecular weight excluding hydrogens is 324 g/mol. The molecule has 25 heavy (non-hydrogen) atoms. The molecule has 0 bridgehead atoms. The standard InChI is InChI=1S/C19H38O6/c1-5-8-11-22-16-15(14-21-4)25-19(20)18(24-13-10-7-3)17(16)23-12-9-6-2/h15-20H,5-14H2,1-4H3/t15?,16-,17-,18?,19?/m0/s1. The normalized spacial score (nSPS) is 29.9. The molecule has 1 fully saturated rings. The minimum atomic E-state index is -1.03. The summed E-state index contributed by atoms with van der Waals surface area (Å²) >= 11 is 0. The highest BCUT2D eigenvalue weighted by molar-refractivity contribution is 4.92. The first-order valence-corrected chi connectivity index (χ1v) is 9.86. The molecule has 0 aromatic carbocycles. The van der Waals surface area contributed by atoms with Crippen molar-refractivity contribution in [3.05, 3.63) is 0 Å². The van der Waals surface area contributed by atoms with Crippen molar-refractivity contribution < 1.29 is 28.8 Å². The Labute approximate surface area is 153 Å². The van der Waals surface area contributed by atoms with Crippen molar-refractivity contribution in [2.75, 3.05) is 33.5 Å². The highest BCUT2D eigenvalue weighted by atomic mass is 16.7. The van der Waals surface area contributed by atoms with Gasteiger partial charge in [-0.25, -0.2) is 0 Å². The smallest absolute Gasteiger partial charge is 0.184 e. The third-order valence-corrected chi connectivity index (χ3v) is 4.36. The van der Waals surface area contributed by atoms with E-state index in [1.54, 1.807) is 7.11 Å². The molecule has 0 amide bonds. The van der Waals surface area contributed by atoms with Crippen LogP contribution in [0.25, 0.3) is 0 Å². The van der Waals surface area contributed by atoms with E-state index in [0.717, 1.165) is 38.5 Å². The Morgan fingerprint density at radius 3 is 1.72 bits per heavy atom. The minimum Gasteiger partial charge on any atom is -0.382 e. The van der Waals surface area contributed by atoms with Crippen LogP contribution in [0.2, 0.25) is 0 Å². The van der Waals surface area contributed by atoms with E-state index >= 15 is 0 Å². The molecule has 0 aromatic heterocycles. The van der Waals surface area contributed by atoms with Crippen LogP contribution in [0.15, 0.2) is 0 Å². The van der Waals surface area contributed by atoms with Gasteiger partial charge in [0, 0.05) is 26.9 Å². The quantitative estimate of drug-likeness (QED) is 0.479. The van der Waals surface area contributed by atoms with Gasteiger partial charge >= 0.3 is 0 Å². The molecule has 1 aliphatic heterocycles. The molecule has 3 unspecified atom stereocenters. The average molecular weight is 363 g/mol. The molecule has 5 atom stereocenters. The van der Waals surface area contributed by atoms with Crippen LogP contribution >= 0.6 is 0 Å². The Kier molecular flexibility index (Phi) is 12.7. The molecule has 0 spiro atoms. The van der Waals surface area contributed by atoms with Gasteiger partial charge in [0.25, 0.3) is 0 Å². The number of hydrogen-bond acceptors (Lipinski definition) is 6. The summed E-state index contributed by atoms with van der Waals surface area (Å²) < 4.78 is 29.1. The number of rotatable bonds is 14. The second kappa shape index (κ2) is 13.9. The molecule has 150 valence electrons. The van der Waals surface area contributed by atoms with Crippen molar-refractivity contribution in [2.45, 2.75) is 90.0 Å². The summed E-state index contributed by atoms with van der Waals surface area (Å²) in [5.74, 6) is 0. The van der Waals surface area contributed by atoms with Crippen LogP contribution in [0.1, 0.15) is 59.3 Å². The predicted octanol–water partition coefficient (Wildman–Crippen LogP) is 2.91. The lowest BCUT2D eigenvalue weighted by Crippen LogP contribution is -2.61. The molecule has 6 heteroatoms. The number of hydrogen-bond donors (Lipinski definition) is 1. The van der Waals surface area contributed by atoms with E-state index in [1.165, 1.54) is 0 Å². The van der Waals surface area contributed by atoms with Crippen LogP contribution < -0.4 is 0 Å². The molecule has 1 rings (SSSR count). The van der Waals surface area contributed by atoms with Gasteiger partial charge in [-0.3, -0.25) is 0 Å². The maximum absolute atomic E-state index is 10.4. The minimum absolute atomic E-state index is 0.307. The van der Waals surface area contributed by atoms with Crippen LogP contribution in [0.4, 0.5) is 0 Å². The van der Waals surface area contributed by atoms with Crippen LogP contribution in [0.5, 0.6) is 0 Å². The Balaban J connectivity index is 2.84. The summed E-state index contributed by atoms with van der Waals surface area (Å²) in [6.07, 6.45) is 3.42. The fourth-order valence-corrected chi connectivity index (χ4v) is 2.85. The summed E-state index contributed by atoms with van der Waals surface area (Å²) in [5, 5.41) is 10.4. The lowest BCUT2D eigenvalue weighted by molar-refractivity contribution is -0.311. The van der Waals surface area contributed by atoms with Gasteiger partial charge in [-0.2, -0.15) is 0 Å². The highest BCUT2D eigenvalue weighted by Crippen LogP contribution is 2.28. The van der Waals surface area contributed by atoms with Gasteiger partial charge in [0.2, 0.25) is 0 Å². The first-order valence-electron chi connectivity index (χ1n) is 9.86. The van der Waals surface area contributed by atoms with E-state index in [4.69, 9.17) is 23.7 Å². The lowest BCUT2D eigenvalue weighted by Gasteiger charge is -2.44. The van der Waals surface area contributed by atoms with E-state index in [0.29, 0.717) is 26.4 Å². The van der Waals surface area contributed by atoms with Gasteiger partial charge in [-0.1, -0.05) is 40.0 Å². The van der Waals surface area contributed by atoms with Crippen molar-refractivity contribution in [1.29, 1.82) is 0 Å². The maximum atomic E-state index is 10.4. The van der Waals surface area contributed by atoms with E-state index in [-0.39, 0.29) is 18.3 Å². The number of aliphatic hydroxyl groups excluding tert-OH is 1. The maximum Gasteiger partial charge on any atom is 0.184 e. The fourth-order valence-electron chi connectivity index (χ4n) is 2.85. The molecule has 0 aromatic rings. The van der Waals surface area contributed by atoms with Crippen molar-refractivity contribution in [3.8, 4) is 0 Å². The van der Waals surface area contributed by atoms with Crippen LogP contribution in [0, 0.1) is 0 Å². The SMILES string of the molecule is CCCCOC1C(O)OC(COC)[C@H](OCCCC)[C@@H]1OCCCC. The van der Waals surface area contributed by atoms with Gasteiger partial charge in [-0.05, 0) is 19.3 Å². The zero-order chi connectivity index (χ0) is 18.5. The second-order valence-electron chi connectivity index (χ2n) is 6.59. The molecule has 1 N–H and O–H groups in total. The molecule has 1 heterocycles. The van der Waals surface area contributed by atoms with Crippen LogP contribution in [-0.4, -0.2) is 69.3 Å². The fraction of sp³-hybridized carbons (Fsp3) is 1.00. The molecule has 0 radical (unpaired) electrons. The number of ether oxygens (including phenoxy) is 5. The Bertz CT molecular complexity index is 314. The number of unbranched alkanes of at least 4 members (excludes halogenated alkanes) is 3. The summed E-state index contributed by atoms with van der Waals surface area (Å²) in [6.45, 7) is 8.54. The summed E-state index contributed by atoms with van der Waals surface area (Å²) in [7, 11) is 1.62. The van der Waals surface area contributed by atoms with E-state index in [9.17, 15) is 5.11 Å². The Morgan fingerprint density at radius 2 is 1.24 bits per heavy atom. The van der Waals surface area contributed by atoms with Crippen LogP contribution in [0.3, 0.4) is 0 Å². The molecule has 0 aliphatic carbocycles. The summed E-state index contributed by atoms with van der Waals surface area (Å²) in [6, 6.07) is 0. The van der Waals surface area contributed by atoms with Crippen molar-refractivity contribution >= 4 is 0 Å². The first-order chi connectivity index (χ1) is 12.2. The third-order valence-electron chi connectivity index (χ3n) is 4.36. The highest BCUT2D eigenvalue weighted by Gasteiger charge is 2.47. The van der Waals surface area contributed by atoms with Crippen molar-refractivity contribution in [3.63, 3.8) is 0 Å². The first kappa shape index (κ1) is 22.8. The van der Waals surface area contributed by atoms with Crippen molar-refractivity contribution in [2.24, 2.45) is 0 Å². The van der Waals surface area contributed by atoms with Gasteiger partial charge in [0.1, 0.15) is 24.4 Å². The monoisotopic (exact) mass is 362 g/mol. The van der Waals surface area contributed by atoms with E-state index < -0.39 is 12.4 Å². The molecular formula is C19H38O6. The summed E-state index contributed by atoms with van der Waals surface area (Å²) in [5.41, 5.74) is 0. The zero-order valence-corrected chi connectivity index (χ0v) is 16.4. The average Bonchev–Trinajstić information content (AvgIpc) is 2.60. The molecule has 1 aliphatic rings. The molecule has 0 saturated carbocycles. The number of methoxy groups -OCH3 is 1. The second-order valence-corrected chi connectivity index (χ2v) is 6.59. The topological polar surface area (TPSA) is 66.4 Å². The summed E-state index contributed by atoms with van der Waals surface area (Å²) in [4.78, 5) is 0. The van der Waals surface area contributed by atoms with Gasteiger partial charge in [-0.15, -0.1) is 0 Å². The predicted molar refractivity (Wildman–Crippen MR) is 96.7 cm³/mol. The van der Waals surface area contributed by atoms with E-state index in [2.05, 4.69) is 20.8 Å². The molecule has 6 nitrogen and oxygen atoms in total. The third kappa shape index (κ3) is 7.89. The Morgan fingerprint density at radius 1 is 0.760 bits per heavy atom. The largest absolute Gasteiger partial charge is 0.382 e. The Hall–Kier alpha value is -0.240. The van der Waals surface area contributed by atoms with Gasteiger partial charge in [0.15, 0.2) is 6.29 Å². The lowest BCUT2D eigenvalue weighted by atomic mass is 9.98. The molecule has 1 saturated heterocycles. The zero-order valence-electron chi connectivity index (χ0n) is 16.4. The van der Waals surface area contributed by atoms with Crippen LogP contribution in [-0.2, 0) is 23.7 Å². The van der Waals surface area contributed by atoms with Gasteiger partial charge in [0.05, 0.1) is 6.61 Å². The number of aliphatic hydroxyl groups is 1. The van der Waals surface area contributed by atoms with Crippen molar-refractivity contribution in [1.82, 2.24) is 0 Å². The van der Waals surface area contributed by atoms with Gasteiger partial charge < -0.3 is 28.8 Å².